The molecule has 1 aromatic rings. The van der Waals surface area contributed by atoms with Gasteiger partial charge >= 0.3 is 5.97 Å². The summed E-state index contributed by atoms with van der Waals surface area (Å²) in [5.74, 6) is -1.27. The molecule has 140 valence electrons. The third-order valence-corrected chi connectivity index (χ3v) is 4.93. The molecule has 1 aliphatic heterocycles. The van der Waals surface area contributed by atoms with Crippen LogP contribution < -0.4 is 0 Å². The summed E-state index contributed by atoms with van der Waals surface area (Å²) >= 11 is 1.66. The lowest BCUT2D eigenvalue weighted by Crippen LogP contribution is -2.49. The average Bonchev–Trinajstić information content (AvgIpc) is 2.95. The van der Waals surface area contributed by atoms with Crippen LogP contribution in [0, 0.1) is 0 Å². The van der Waals surface area contributed by atoms with Gasteiger partial charge in [-0.1, -0.05) is 20.8 Å². The maximum Gasteiger partial charge on any atom is 0.323 e. The summed E-state index contributed by atoms with van der Waals surface area (Å²) in [6.07, 6.45) is -0.181. The minimum absolute atomic E-state index is 0.0428. The van der Waals surface area contributed by atoms with Gasteiger partial charge in [-0.25, -0.2) is 4.98 Å². The van der Waals surface area contributed by atoms with Crippen molar-refractivity contribution in [1.29, 1.82) is 0 Å². The van der Waals surface area contributed by atoms with Crippen LogP contribution in [0.25, 0.3) is 0 Å². The van der Waals surface area contributed by atoms with E-state index in [1.807, 2.05) is 0 Å². The molecule has 7 nitrogen and oxygen atoms in total. The summed E-state index contributed by atoms with van der Waals surface area (Å²) in [6, 6.07) is 0. The first kappa shape index (κ1) is 19.8. The zero-order valence-corrected chi connectivity index (χ0v) is 16.1. The molecule has 25 heavy (non-hydrogen) atoms. The standard InChI is InChI=1S/C17H27N3O4S/c1-12(21)20(10-16(22)23)8-13-7-19(5-6-24-13)9-15-18-14(11-25-15)17(2,3)4/h11,13H,5-10H2,1-4H3,(H,22,23). The first-order valence-corrected chi connectivity index (χ1v) is 9.29. The van der Waals surface area contributed by atoms with Crippen LogP contribution in [-0.2, 0) is 26.3 Å². The number of thiazole rings is 1. The number of rotatable bonds is 6. The van der Waals surface area contributed by atoms with Crippen molar-refractivity contribution in [2.24, 2.45) is 0 Å². The predicted octanol–water partition coefficient (Wildman–Crippen LogP) is 1.57. The minimum Gasteiger partial charge on any atom is -0.480 e. The van der Waals surface area contributed by atoms with E-state index in [-0.39, 0.29) is 24.0 Å². The third-order valence-electron chi connectivity index (χ3n) is 4.10. The van der Waals surface area contributed by atoms with Crippen molar-refractivity contribution >= 4 is 23.2 Å². The van der Waals surface area contributed by atoms with Gasteiger partial charge in [-0.15, -0.1) is 11.3 Å². The van der Waals surface area contributed by atoms with E-state index in [1.165, 1.54) is 11.8 Å². The summed E-state index contributed by atoms with van der Waals surface area (Å²) in [5.41, 5.74) is 1.14. The second-order valence-corrected chi connectivity index (χ2v) is 8.34. The number of nitrogens with zero attached hydrogens (tertiary/aromatic N) is 3. The quantitative estimate of drug-likeness (QED) is 0.820. The van der Waals surface area contributed by atoms with Gasteiger partial charge in [0.1, 0.15) is 11.6 Å². The van der Waals surface area contributed by atoms with E-state index < -0.39 is 5.97 Å². The first-order valence-electron chi connectivity index (χ1n) is 8.41. The summed E-state index contributed by atoms with van der Waals surface area (Å²) < 4.78 is 5.72. The van der Waals surface area contributed by atoms with Crippen molar-refractivity contribution in [2.75, 3.05) is 32.8 Å². The summed E-state index contributed by atoms with van der Waals surface area (Å²) in [6.45, 7) is 10.6. The molecule has 1 unspecified atom stereocenters. The van der Waals surface area contributed by atoms with Crippen LogP contribution in [-0.4, -0.2) is 70.7 Å². The van der Waals surface area contributed by atoms with Gasteiger partial charge < -0.3 is 14.7 Å². The predicted molar refractivity (Wildman–Crippen MR) is 95.7 cm³/mol. The zero-order chi connectivity index (χ0) is 18.6. The van der Waals surface area contributed by atoms with E-state index in [0.29, 0.717) is 19.7 Å². The SMILES string of the molecule is CC(=O)N(CC(=O)O)CC1CN(Cc2nc(C(C)(C)C)cs2)CCO1. The highest BCUT2D eigenvalue weighted by atomic mass is 32.1. The Bertz CT molecular complexity index is 611. The first-order chi connectivity index (χ1) is 11.6. The molecule has 2 heterocycles. The van der Waals surface area contributed by atoms with Crippen LogP contribution in [0.15, 0.2) is 5.38 Å². The Morgan fingerprint density at radius 3 is 2.76 bits per heavy atom. The van der Waals surface area contributed by atoms with Crippen LogP contribution in [0.5, 0.6) is 0 Å². The number of carbonyl (C=O) groups is 2. The van der Waals surface area contributed by atoms with Crippen LogP contribution >= 0.6 is 11.3 Å². The normalized spacial score (nSPS) is 19.0. The van der Waals surface area contributed by atoms with Crippen molar-refractivity contribution in [3.8, 4) is 0 Å². The molecule has 1 N–H and O–H groups in total. The lowest BCUT2D eigenvalue weighted by Gasteiger charge is -2.34. The van der Waals surface area contributed by atoms with Crippen LogP contribution in [0.2, 0.25) is 0 Å². The topological polar surface area (TPSA) is 83.0 Å². The molecule has 0 radical (unpaired) electrons. The van der Waals surface area contributed by atoms with Gasteiger partial charge in [-0.05, 0) is 0 Å². The number of aromatic nitrogens is 1. The molecular weight excluding hydrogens is 342 g/mol. The number of morpholine rings is 1. The van der Waals surface area contributed by atoms with Gasteiger partial charge in [0.05, 0.1) is 24.9 Å². The Hall–Kier alpha value is -1.51. The van der Waals surface area contributed by atoms with Gasteiger partial charge in [0.2, 0.25) is 5.91 Å². The molecule has 0 bridgehead atoms. The molecule has 1 atom stereocenters. The molecule has 0 spiro atoms. The molecule has 1 amide bonds. The Kier molecular flexibility index (Phi) is 6.53. The zero-order valence-electron chi connectivity index (χ0n) is 15.3. The van der Waals surface area contributed by atoms with Gasteiger partial charge in [0, 0.05) is 37.4 Å². The lowest BCUT2D eigenvalue weighted by atomic mass is 9.93. The Labute approximate surface area is 152 Å². The number of carboxylic acid groups (broad SMARTS) is 1. The Morgan fingerprint density at radius 1 is 1.48 bits per heavy atom. The van der Waals surface area contributed by atoms with Crippen LogP contribution in [0.4, 0.5) is 0 Å². The van der Waals surface area contributed by atoms with Crippen molar-refractivity contribution < 1.29 is 19.4 Å². The molecule has 0 aromatic carbocycles. The summed E-state index contributed by atoms with van der Waals surface area (Å²) in [7, 11) is 0. The smallest absolute Gasteiger partial charge is 0.323 e. The lowest BCUT2D eigenvalue weighted by molar-refractivity contribution is -0.145. The molecule has 1 aromatic heterocycles. The third kappa shape index (κ3) is 6.05. The molecule has 0 aliphatic carbocycles. The molecule has 1 fully saturated rings. The number of amides is 1. The van der Waals surface area contributed by atoms with Crippen LogP contribution in [0.1, 0.15) is 38.4 Å². The average molecular weight is 369 g/mol. The maximum absolute atomic E-state index is 11.6. The highest BCUT2D eigenvalue weighted by Crippen LogP contribution is 2.24. The molecule has 8 heteroatoms. The van der Waals surface area contributed by atoms with E-state index in [0.717, 1.165) is 23.8 Å². The van der Waals surface area contributed by atoms with E-state index in [9.17, 15) is 9.59 Å². The molecule has 1 aliphatic rings. The Balaban J connectivity index is 1.93. The number of hydrogen-bond acceptors (Lipinski definition) is 6. The van der Waals surface area contributed by atoms with Crippen molar-refractivity contribution in [2.45, 2.75) is 45.8 Å². The van der Waals surface area contributed by atoms with Gasteiger partial charge in [-0.3, -0.25) is 14.5 Å². The maximum atomic E-state index is 11.6. The van der Waals surface area contributed by atoms with E-state index in [4.69, 9.17) is 14.8 Å². The number of aliphatic carboxylic acids is 1. The monoisotopic (exact) mass is 369 g/mol. The highest BCUT2D eigenvalue weighted by Gasteiger charge is 2.26. The van der Waals surface area contributed by atoms with Gasteiger partial charge in [0.15, 0.2) is 0 Å². The number of carbonyl (C=O) groups excluding carboxylic acids is 1. The summed E-state index contributed by atoms with van der Waals surface area (Å²) in [5, 5.41) is 12.1. The molecule has 2 rings (SSSR count). The fraction of sp³-hybridized carbons (Fsp3) is 0.706. The number of ether oxygens (including phenoxy) is 1. The van der Waals surface area contributed by atoms with Crippen molar-refractivity contribution in [3.05, 3.63) is 16.1 Å². The largest absolute Gasteiger partial charge is 0.480 e. The molecule has 1 saturated heterocycles. The van der Waals surface area contributed by atoms with Crippen LogP contribution in [0.3, 0.4) is 0 Å². The van der Waals surface area contributed by atoms with Gasteiger partial charge in [-0.2, -0.15) is 0 Å². The number of carboxylic acids is 1. The second kappa shape index (κ2) is 8.25. The molecular formula is C17H27N3O4S. The van der Waals surface area contributed by atoms with E-state index in [1.54, 1.807) is 11.3 Å². The van der Waals surface area contributed by atoms with Crippen molar-refractivity contribution in [3.63, 3.8) is 0 Å². The Morgan fingerprint density at radius 2 is 2.20 bits per heavy atom. The fourth-order valence-corrected chi connectivity index (χ4v) is 3.73. The molecule has 0 saturated carbocycles. The van der Waals surface area contributed by atoms with Crippen molar-refractivity contribution in [1.82, 2.24) is 14.8 Å². The fourth-order valence-electron chi connectivity index (χ4n) is 2.67. The van der Waals surface area contributed by atoms with E-state index in [2.05, 4.69) is 31.1 Å². The van der Waals surface area contributed by atoms with E-state index >= 15 is 0 Å². The number of hydrogen-bond donors (Lipinski definition) is 1. The minimum atomic E-state index is -1.01. The highest BCUT2D eigenvalue weighted by molar-refractivity contribution is 7.09. The van der Waals surface area contributed by atoms with Gasteiger partial charge in [0.25, 0.3) is 0 Å². The summed E-state index contributed by atoms with van der Waals surface area (Å²) in [4.78, 5) is 30.8. The second-order valence-electron chi connectivity index (χ2n) is 7.40.